The number of hydrogen-bond acceptors (Lipinski definition) is 3. The van der Waals surface area contributed by atoms with E-state index in [0.29, 0.717) is 10.9 Å². The quantitative estimate of drug-likeness (QED) is 0.352. The number of hydrogen-bond donors (Lipinski definition) is 1. The molecule has 0 saturated heterocycles. The molecule has 0 bridgehead atoms. The largest absolute Gasteiger partial charge is 0.464 e. The highest BCUT2D eigenvalue weighted by atomic mass is 16.3. The van der Waals surface area contributed by atoms with Crippen LogP contribution in [0.25, 0.3) is 55.4 Å². The summed E-state index contributed by atoms with van der Waals surface area (Å²) in [6, 6.07) is 30.0. The second-order valence-electron chi connectivity index (χ2n) is 7.72. The first kappa shape index (κ1) is 18.3. The molecule has 0 spiro atoms. The molecule has 6 aromatic rings. The zero-order valence-electron chi connectivity index (χ0n) is 17.1. The highest BCUT2D eigenvalue weighted by Crippen LogP contribution is 2.35. The molecule has 0 aliphatic carbocycles. The van der Waals surface area contributed by atoms with Gasteiger partial charge >= 0.3 is 0 Å². The molecule has 4 heteroatoms. The van der Waals surface area contributed by atoms with Gasteiger partial charge < -0.3 is 9.40 Å². The predicted octanol–water partition coefficient (Wildman–Crippen LogP) is 6.67. The molecule has 0 amide bonds. The average Bonchev–Trinajstić information content (AvgIpc) is 3.33. The fourth-order valence-corrected chi connectivity index (χ4v) is 4.18. The van der Waals surface area contributed by atoms with Crippen LogP contribution in [0.4, 0.5) is 0 Å². The van der Waals surface area contributed by atoms with Crippen LogP contribution in [0.1, 0.15) is 0 Å². The Kier molecular flexibility index (Phi) is 4.22. The zero-order valence-corrected chi connectivity index (χ0v) is 17.1. The summed E-state index contributed by atoms with van der Waals surface area (Å²) in [5.41, 5.74) is 6.99. The second kappa shape index (κ2) is 7.36. The Morgan fingerprint density at radius 2 is 1.47 bits per heavy atom. The molecule has 0 atom stereocenters. The number of aromatic amines is 1. The first-order valence-corrected chi connectivity index (χ1v) is 10.4. The van der Waals surface area contributed by atoms with E-state index in [1.165, 1.54) is 0 Å². The Morgan fingerprint density at radius 3 is 2.25 bits per heavy atom. The highest BCUT2D eigenvalue weighted by Gasteiger charge is 2.16. The molecule has 0 unspecified atom stereocenters. The van der Waals surface area contributed by atoms with Crippen LogP contribution in [0.15, 0.2) is 113 Å². The number of rotatable bonds is 3. The lowest BCUT2D eigenvalue weighted by molar-refractivity contribution is 0.616. The molecule has 0 saturated carbocycles. The van der Waals surface area contributed by atoms with E-state index in [-0.39, 0.29) is 5.56 Å². The van der Waals surface area contributed by atoms with Gasteiger partial charge in [-0.25, -0.2) is 4.98 Å². The topological polar surface area (TPSA) is 58.9 Å². The number of nitrogens with one attached hydrogen (secondary N) is 1. The number of H-pyrrole nitrogens is 1. The number of nitrogens with zero attached hydrogens (tertiary/aromatic N) is 1. The van der Waals surface area contributed by atoms with Gasteiger partial charge in [-0.2, -0.15) is 0 Å². The molecule has 3 aromatic carbocycles. The molecular weight excluding hydrogens is 396 g/mol. The van der Waals surface area contributed by atoms with E-state index in [1.807, 2.05) is 84.9 Å². The minimum atomic E-state index is -0.155. The maximum Gasteiger partial charge on any atom is 0.257 e. The van der Waals surface area contributed by atoms with Crippen molar-refractivity contribution in [3.05, 3.63) is 114 Å². The summed E-state index contributed by atoms with van der Waals surface area (Å²) in [6.45, 7) is 0. The van der Waals surface area contributed by atoms with Crippen LogP contribution in [-0.2, 0) is 0 Å². The van der Waals surface area contributed by atoms with Gasteiger partial charge in [0.1, 0.15) is 5.58 Å². The maximum absolute atomic E-state index is 12.9. The van der Waals surface area contributed by atoms with Gasteiger partial charge in [-0.15, -0.1) is 0 Å². The third kappa shape index (κ3) is 3.01. The molecule has 0 radical (unpaired) electrons. The average molecular weight is 414 g/mol. The molecule has 1 N–H and O–H groups in total. The van der Waals surface area contributed by atoms with Crippen molar-refractivity contribution in [1.29, 1.82) is 0 Å². The van der Waals surface area contributed by atoms with E-state index in [0.717, 1.165) is 44.5 Å². The third-order valence-corrected chi connectivity index (χ3v) is 5.77. The Labute approximate surface area is 183 Å². The van der Waals surface area contributed by atoms with E-state index in [1.54, 1.807) is 12.5 Å². The molecule has 3 aromatic heterocycles. The van der Waals surface area contributed by atoms with Crippen molar-refractivity contribution < 1.29 is 4.42 Å². The molecule has 3 heterocycles. The van der Waals surface area contributed by atoms with Gasteiger partial charge in [0.15, 0.2) is 0 Å². The van der Waals surface area contributed by atoms with Gasteiger partial charge in [0.2, 0.25) is 0 Å². The molecule has 6 rings (SSSR count). The summed E-state index contributed by atoms with van der Waals surface area (Å²) in [7, 11) is 0. The Balaban J connectivity index is 1.69. The summed E-state index contributed by atoms with van der Waals surface area (Å²) in [5, 5.41) is 1.57. The zero-order chi connectivity index (χ0) is 21.5. The standard InChI is InChI=1S/C28H18N2O2/c31-28-23-16-22(18-7-3-1-4-8-18)26(19-9-5-2-6-10-19)30-27(23)24(17-29-28)20-11-12-25-21(15-20)13-14-32-25/h1-17H,(H,29,31). The Bertz CT molecular complexity index is 1630. The van der Waals surface area contributed by atoms with Gasteiger partial charge in [0.05, 0.1) is 22.9 Å². The summed E-state index contributed by atoms with van der Waals surface area (Å²) in [5.74, 6) is 0. The van der Waals surface area contributed by atoms with Gasteiger partial charge in [-0.1, -0.05) is 66.7 Å². The van der Waals surface area contributed by atoms with Crippen molar-refractivity contribution in [2.75, 3.05) is 0 Å². The van der Waals surface area contributed by atoms with Gasteiger partial charge in [-0.05, 0) is 35.4 Å². The van der Waals surface area contributed by atoms with Crippen LogP contribution in [0.2, 0.25) is 0 Å². The van der Waals surface area contributed by atoms with E-state index in [4.69, 9.17) is 9.40 Å². The minimum absolute atomic E-state index is 0.155. The van der Waals surface area contributed by atoms with Crippen LogP contribution >= 0.6 is 0 Å². The molecule has 0 aliphatic heterocycles. The van der Waals surface area contributed by atoms with E-state index in [9.17, 15) is 4.79 Å². The van der Waals surface area contributed by atoms with E-state index in [2.05, 4.69) is 11.1 Å². The van der Waals surface area contributed by atoms with Crippen LogP contribution in [0.5, 0.6) is 0 Å². The van der Waals surface area contributed by atoms with Gasteiger partial charge in [-0.3, -0.25) is 4.79 Å². The van der Waals surface area contributed by atoms with Crippen LogP contribution < -0.4 is 5.56 Å². The lowest BCUT2D eigenvalue weighted by atomic mass is 9.96. The second-order valence-corrected chi connectivity index (χ2v) is 7.72. The highest BCUT2D eigenvalue weighted by molar-refractivity contribution is 5.99. The third-order valence-electron chi connectivity index (χ3n) is 5.77. The Hall–Kier alpha value is -4.44. The van der Waals surface area contributed by atoms with Crippen molar-refractivity contribution in [3.8, 4) is 33.5 Å². The van der Waals surface area contributed by atoms with Crippen molar-refractivity contribution >= 4 is 21.9 Å². The molecule has 0 fully saturated rings. The van der Waals surface area contributed by atoms with E-state index < -0.39 is 0 Å². The van der Waals surface area contributed by atoms with Gasteiger partial charge in [0, 0.05) is 28.3 Å². The minimum Gasteiger partial charge on any atom is -0.464 e. The molecule has 152 valence electrons. The first-order chi connectivity index (χ1) is 15.8. The van der Waals surface area contributed by atoms with Crippen molar-refractivity contribution in [2.24, 2.45) is 0 Å². The fraction of sp³-hybridized carbons (Fsp3) is 0. The molecule has 32 heavy (non-hydrogen) atoms. The van der Waals surface area contributed by atoms with Gasteiger partial charge in [0.25, 0.3) is 5.56 Å². The normalized spacial score (nSPS) is 11.2. The summed E-state index contributed by atoms with van der Waals surface area (Å²) in [4.78, 5) is 20.8. The summed E-state index contributed by atoms with van der Waals surface area (Å²) >= 11 is 0. The lowest BCUT2D eigenvalue weighted by Crippen LogP contribution is -2.08. The monoisotopic (exact) mass is 414 g/mol. The molecule has 0 aliphatic rings. The SMILES string of the molecule is O=c1[nH]cc(-c2ccc3occc3c2)c2nc(-c3ccccc3)c(-c3ccccc3)cc12. The lowest BCUT2D eigenvalue weighted by Gasteiger charge is -2.13. The fourth-order valence-electron chi connectivity index (χ4n) is 4.18. The molecule has 4 nitrogen and oxygen atoms in total. The summed E-state index contributed by atoms with van der Waals surface area (Å²) in [6.07, 6.45) is 3.42. The van der Waals surface area contributed by atoms with Crippen LogP contribution in [0, 0.1) is 0 Å². The first-order valence-electron chi connectivity index (χ1n) is 10.4. The van der Waals surface area contributed by atoms with E-state index >= 15 is 0 Å². The van der Waals surface area contributed by atoms with Crippen molar-refractivity contribution in [1.82, 2.24) is 9.97 Å². The number of aromatic nitrogens is 2. The van der Waals surface area contributed by atoms with Crippen molar-refractivity contribution in [2.45, 2.75) is 0 Å². The Morgan fingerprint density at radius 1 is 0.719 bits per heavy atom. The maximum atomic E-state index is 12.9. The number of pyridine rings is 2. The number of furan rings is 1. The molecular formula is C28H18N2O2. The van der Waals surface area contributed by atoms with Crippen LogP contribution in [0.3, 0.4) is 0 Å². The predicted molar refractivity (Wildman–Crippen MR) is 128 cm³/mol. The van der Waals surface area contributed by atoms with Crippen molar-refractivity contribution in [3.63, 3.8) is 0 Å². The summed E-state index contributed by atoms with van der Waals surface area (Å²) < 4.78 is 5.48. The number of fused-ring (bicyclic) bond motifs is 2. The number of benzene rings is 3. The smallest absolute Gasteiger partial charge is 0.257 e. The van der Waals surface area contributed by atoms with Crippen LogP contribution in [-0.4, -0.2) is 9.97 Å².